The van der Waals surface area contributed by atoms with Crippen LogP contribution in [0.3, 0.4) is 0 Å². The summed E-state index contributed by atoms with van der Waals surface area (Å²) < 4.78 is 14.4. The lowest BCUT2D eigenvalue weighted by Crippen LogP contribution is -2.36. The summed E-state index contributed by atoms with van der Waals surface area (Å²) in [6.45, 7) is 13.2. The Morgan fingerprint density at radius 1 is 0.279 bits per heavy atom. The Morgan fingerprint density at radius 3 is 1.12 bits per heavy atom. The zero-order chi connectivity index (χ0) is 57.7. The zero-order valence-corrected chi connectivity index (χ0v) is 48.8. The molecule has 410 valence electrons. The van der Waals surface area contributed by atoms with E-state index < -0.39 is 5.41 Å². The van der Waals surface area contributed by atoms with Crippen LogP contribution >= 0.6 is 0 Å². The summed E-state index contributed by atoms with van der Waals surface area (Å²) >= 11 is 0. The molecule has 86 heavy (non-hydrogen) atoms. The highest BCUT2D eigenvalue weighted by Gasteiger charge is 2.54. The van der Waals surface area contributed by atoms with E-state index in [1.165, 1.54) is 66.4 Å². The van der Waals surface area contributed by atoms with Crippen molar-refractivity contribution < 1.29 is 8.83 Å². The molecule has 5 heteroatoms. The average molecular weight is 1110 g/mol. The van der Waals surface area contributed by atoms with E-state index in [2.05, 4.69) is 305 Å². The molecule has 0 bridgehead atoms. The fourth-order valence-corrected chi connectivity index (χ4v) is 15.2. The van der Waals surface area contributed by atoms with Crippen LogP contribution in [0, 0.1) is 41.5 Å². The molecule has 0 unspecified atom stereocenters. The van der Waals surface area contributed by atoms with Gasteiger partial charge in [0.2, 0.25) is 0 Å². The van der Waals surface area contributed by atoms with E-state index in [0.29, 0.717) is 0 Å². The number of furan rings is 2. The van der Waals surface area contributed by atoms with Crippen molar-refractivity contribution in [2.75, 3.05) is 14.7 Å². The molecule has 5 nitrogen and oxygen atoms in total. The van der Waals surface area contributed by atoms with Crippen molar-refractivity contribution in [2.45, 2.75) is 47.0 Å². The highest BCUT2D eigenvalue weighted by molar-refractivity contribution is 6.21. The molecule has 15 aromatic rings. The summed E-state index contributed by atoms with van der Waals surface area (Å²) in [5, 5.41) is 9.01. The number of hydrogen-bond donors (Lipinski definition) is 0. The van der Waals surface area contributed by atoms with Crippen LogP contribution in [0.25, 0.3) is 76.5 Å². The topological polar surface area (TPSA) is 36.0 Å². The van der Waals surface area contributed by atoms with Crippen LogP contribution in [0.15, 0.2) is 258 Å². The number of anilines is 9. The van der Waals surface area contributed by atoms with Crippen LogP contribution in [0.2, 0.25) is 0 Å². The fraction of sp³-hybridized carbons (Fsp3) is 0.0864. The standard InChI is InChI=1S/C81H59N3O2/c1-48-40-42-67(52(5)44-48)83(71-38-20-32-61-59-30-18-22-50(3)77(59)85-79(61)71)73-46-65-75(57-28-12-10-26-55(57)73)76-58-29-13-11-27-56(58)74(84(68-43-41-49(2)45-53(68)6)72-39-21-33-62-60-31-19-23-51(4)78(60)86-80(62)72)47-66(76)81(65)63-34-14-16-36-69(63)82(54-24-8-7-9-25-54)70-37-17-15-35-64(70)81/h7-47H,1-6H3. The summed E-state index contributed by atoms with van der Waals surface area (Å²) in [5.74, 6) is 0. The first kappa shape index (κ1) is 49.9. The first-order chi connectivity index (χ1) is 42.2. The van der Waals surface area contributed by atoms with Crippen LogP contribution in [-0.2, 0) is 5.41 Å². The Kier molecular flexibility index (Phi) is 10.9. The molecule has 0 saturated carbocycles. The van der Waals surface area contributed by atoms with Gasteiger partial charge in [-0.3, -0.25) is 0 Å². The molecule has 0 atom stereocenters. The van der Waals surface area contributed by atoms with Gasteiger partial charge in [0.15, 0.2) is 11.2 Å². The van der Waals surface area contributed by atoms with Crippen molar-refractivity contribution in [1.29, 1.82) is 0 Å². The average Bonchev–Trinajstić information content (AvgIpc) is 1.46. The lowest BCUT2D eigenvalue weighted by molar-refractivity contribution is 0.665. The first-order valence-electron chi connectivity index (χ1n) is 29.9. The van der Waals surface area contributed by atoms with Crippen LogP contribution in [0.4, 0.5) is 51.2 Å². The minimum absolute atomic E-state index is 0.850. The van der Waals surface area contributed by atoms with Gasteiger partial charge in [-0.15, -0.1) is 0 Å². The first-order valence-corrected chi connectivity index (χ1v) is 29.9. The summed E-state index contributed by atoms with van der Waals surface area (Å²) in [6.07, 6.45) is 0. The zero-order valence-electron chi connectivity index (χ0n) is 48.8. The van der Waals surface area contributed by atoms with E-state index in [4.69, 9.17) is 8.83 Å². The number of para-hydroxylation sites is 7. The van der Waals surface area contributed by atoms with Crippen LogP contribution in [0.5, 0.6) is 0 Å². The van der Waals surface area contributed by atoms with Gasteiger partial charge in [0.1, 0.15) is 11.2 Å². The Morgan fingerprint density at radius 2 is 0.663 bits per heavy atom. The predicted octanol–water partition coefficient (Wildman–Crippen LogP) is 22.7. The third-order valence-electron chi connectivity index (χ3n) is 18.8. The van der Waals surface area contributed by atoms with Gasteiger partial charge >= 0.3 is 0 Å². The number of rotatable bonds is 7. The van der Waals surface area contributed by atoms with Gasteiger partial charge in [0.05, 0.1) is 39.5 Å². The SMILES string of the molecule is Cc1ccc(N(c2cc3c(c4ccccc24)-c2c(cc(N(c4ccc(C)cc4C)c4cccc5c4oc4c(C)cccc45)c4ccccc24)C32c3ccccc3N(c3ccccc3)c3ccccc32)c2cccc3c2oc2c(C)cccc23)c(C)c1. The van der Waals surface area contributed by atoms with Gasteiger partial charge in [-0.2, -0.15) is 0 Å². The largest absolute Gasteiger partial charge is 0.454 e. The van der Waals surface area contributed by atoms with E-state index in [1.807, 2.05) is 0 Å². The van der Waals surface area contributed by atoms with Gasteiger partial charge in [-0.05, 0) is 169 Å². The van der Waals surface area contributed by atoms with E-state index in [-0.39, 0.29) is 0 Å². The molecule has 1 spiro atoms. The minimum Gasteiger partial charge on any atom is -0.454 e. The second-order valence-electron chi connectivity index (χ2n) is 23.8. The molecule has 0 saturated heterocycles. The van der Waals surface area contributed by atoms with E-state index in [1.54, 1.807) is 0 Å². The molecule has 0 radical (unpaired) electrons. The van der Waals surface area contributed by atoms with Gasteiger partial charge < -0.3 is 23.5 Å². The number of nitrogens with zero attached hydrogens (tertiary/aromatic N) is 3. The van der Waals surface area contributed by atoms with Gasteiger partial charge in [0, 0.05) is 49.4 Å². The van der Waals surface area contributed by atoms with Crippen LogP contribution < -0.4 is 14.7 Å². The highest BCUT2D eigenvalue weighted by Crippen LogP contribution is 2.68. The van der Waals surface area contributed by atoms with E-state index in [9.17, 15) is 0 Å². The second-order valence-corrected chi connectivity index (χ2v) is 23.8. The van der Waals surface area contributed by atoms with Gasteiger partial charge in [-0.1, -0.05) is 199 Å². The number of hydrogen-bond acceptors (Lipinski definition) is 5. The van der Waals surface area contributed by atoms with Crippen LogP contribution in [0.1, 0.15) is 55.6 Å². The highest BCUT2D eigenvalue weighted by atomic mass is 16.3. The van der Waals surface area contributed by atoms with E-state index in [0.717, 1.165) is 117 Å². The molecule has 13 aromatic carbocycles. The maximum Gasteiger partial charge on any atom is 0.159 e. The molecule has 1 aliphatic carbocycles. The van der Waals surface area contributed by atoms with Crippen molar-refractivity contribution >= 4 is 117 Å². The second kappa shape index (κ2) is 18.7. The summed E-state index contributed by atoms with van der Waals surface area (Å²) in [4.78, 5) is 7.49. The molecular formula is C81H59N3O2. The molecule has 2 aliphatic rings. The van der Waals surface area contributed by atoms with Gasteiger partial charge in [0.25, 0.3) is 0 Å². The number of fused-ring (bicyclic) bond motifs is 19. The Labute approximate surface area is 499 Å². The monoisotopic (exact) mass is 1110 g/mol. The minimum atomic E-state index is -0.895. The quantitative estimate of drug-likeness (QED) is 0.159. The Bertz CT molecular complexity index is 5040. The molecule has 2 aromatic heterocycles. The third-order valence-corrected chi connectivity index (χ3v) is 18.8. The molecule has 17 rings (SSSR count). The molecule has 1 aliphatic heterocycles. The number of benzene rings is 13. The maximum absolute atomic E-state index is 7.18. The van der Waals surface area contributed by atoms with E-state index >= 15 is 0 Å². The summed E-state index contributed by atoms with van der Waals surface area (Å²) in [5.41, 5.74) is 26.5. The summed E-state index contributed by atoms with van der Waals surface area (Å²) in [6, 6.07) is 92.7. The fourth-order valence-electron chi connectivity index (χ4n) is 15.2. The summed E-state index contributed by atoms with van der Waals surface area (Å²) in [7, 11) is 0. The van der Waals surface area contributed by atoms with Crippen molar-refractivity contribution in [3.63, 3.8) is 0 Å². The lowest BCUT2D eigenvalue weighted by atomic mass is 9.64. The molecule has 0 N–H and O–H groups in total. The van der Waals surface area contributed by atoms with Crippen molar-refractivity contribution in [2.24, 2.45) is 0 Å². The van der Waals surface area contributed by atoms with Gasteiger partial charge in [-0.25, -0.2) is 0 Å². The number of aryl methyl sites for hydroxylation is 6. The smallest absolute Gasteiger partial charge is 0.159 e. The van der Waals surface area contributed by atoms with Crippen molar-refractivity contribution in [1.82, 2.24) is 0 Å². The maximum atomic E-state index is 7.18. The predicted molar refractivity (Wildman–Crippen MR) is 359 cm³/mol. The molecule has 0 fully saturated rings. The Balaban J connectivity index is 1.05. The van der Waals surface area contributed by atoms with Crippen LogP contribution in [-0.4, -0.2) is 0 Å². The van der Waals surface area contributed by atoms with Crippen molar-refractivity contribution in [3.05, 3.63) is 304 Å². The normalized spacial score (nSPS) is 13.1. The molecule has 3 heterocycles. The van der Waals surface area contributed by atoms with Crippen molar-refractivity contribution in [3.8, 4) is 11.1 Å². The Hall–Kier alpha value is -10.6. The molecule has 0 amide bonds. The lowest BCUT2D eigenvalue weighted by Gasteiger charge is -2.45. The third kappa shape index (κ3) is 6.94. The molecular weight excluding hydrogens is 1050 g/mol.